The molecule has 114 valence electrons. The molecular weight excluding hydrogens is 236 g/mol. The maximum Gasteiger partial charge on any atom is 0.0499 e. The molecule has 1 aliphatic rings. The smallest absolute Gasteiger partial charge is 0.0499 e. The van der Waals surface area contributed by atoms with Crippen molar-refractivity contribution in [2.24, 2.45) is 11.3 Å². The third-order valence-corrected chi connectivity index (χ3v) is 5.42. The minimum absolute atomic E-state index is 0.0817. The van der Waals surface area contributed by atoms with Crippen molar-refractivity contribution in [2.45, 2.75) is 59.4 Å². The Hall–Kier alpha value is -0.120. The molecule has 2 N–H and O–H groups in total. The molecule has 1 saturated heterocycles. The summed E-state index contributed by atoms with van der Waals surface area (Å²) in [6.07, 6.45) is 4.72. The SMILES string of the molecule is CCN1CCC(C(C)NCC(CC)(CC)CO)CC1. The molecule has 3 heteroatoms. The average Bonchev–Trinajstić information content (AvgIpc) is 2.49. The van der Waals surface area contributed by atoms with Gasteiger partial charge in [0.05, 0.1) is 0 Å². The number of hydrogen-bond acceptors (Lipinski definition) is 3. The first kappa shape index (κ1) is 16.9. The van der Waals surface area contributed by atoms with Crippen molar-refractivity contribution < 1.29 is 5.11 Å². The topological polar surface area (TPSA) is 35.5 Å². The lowest BCUT2D eigenvalue weighted by Crippen LogP contribution is -2.46. The van der Waals surface area contributed by atoms with Crippen molar-refractivity contribution in [3.8, 4) is 0 Å². The van der Waals surface area contributed by atoms with E-state index in [1.54, 1.807) is 0 Å². The molecule has 1 atom stereocenters. The fourth-order valence-corrected chi connectivity index (χ4v) is 3.09. The van der Waals surface area contributed by atoms with Gasteiger partial charge >= 0.3 is 0 Å². The second kappa shape index (κ2) is 8.23. The summed E-state index contributed by atoms with van der Waals surface area (Å²) in [6, 6.07) is 0.572. The molecule has 3 nitrogen and oxygen atoms in total. The monoisotopic (exact) mass is 270 g/mol. The molecule has 0 aliphatic carbocycles. The van der Waals surface area contributed by atoms with Crippen molar-refractivity contribution in [3.63, 3.8) is 0 Å². The summed E-state index contributed by atoms with van der Waals surface area (Å²) in [6.45, 7) is 13.9. The highest BCUT2D eigenvalue weighted by Crippen LogP contribution is 2.26. The highest BCUT2D eigenvalue weighted by molar-refractivity contribution is 4.84. The number of nitrogens with one attached hydrogen (secondary N) is 1. The maximum absolute atomic E-state index is 9.62. The zero-order valence-corrected chi connectivity index (χ0v) is 13.4. The fraction of sp³-hybridized carbons (Fsp3) is 1.00. The van der Waals surface area contributed by atoms with Gasteiger partial charge in [0.1, 0.15) is 0 Å². The summed E-state index contributed by atoms with van der Waals surface area (Å²) in [4.78, 5) is 2.54. The number of aliphatic hydroxyl groups excluding tert-OH is 1. The Kier molecular flexibility index (Phi) is 7.33. The van der Waals surface area contributed by atoms with E-state index in [0.717, 1.165) is 25.3 Å². The van der Waals surface area contributed by atoms with Crippen LogP contribution in [-0.2, 0) is 0 Å². The summed E-state index contributed by atoms with van der Waals surface area (Å²) in [5.41, 5.74) is 0.0817. The average molecular weight is 270 g/mol. The molecule has 0 aromatic carbocycles. The van der Waals surface area contributed by atoms with Crippen molar-refractivity contribution in [2.75, 3.05) is 32.8 Å². The third-order valence-electron chi connectivity index (χ3n) is 5.42. The molecule has 0 aromatic heterocycles. The summed E-state index contributed by atoms with van der Waals surface area (Å²) in [5, 5.41) is 13.3. The highest BCUT2D eigenvalue weighted by atomic mass is 16.3. The Balaban J connectivity index is 2.37. The van der Waals surface area contributed by atoms with E-state index in [9.17, 15) is 5.11 Å². The van der Waals surface area contributed by atoms with Gasteiger partial charge in [0.15, 0.2) is 0 Å². The van der Waals surface area contributed by atoms with Gasteiger partial charge in [-0.2, -0.15) is 0 Å². The van der Waals surface area contributed by atoms with Crippen LogP contribution in [0.1, 0.15) is 53.4 Å². The van der Waals surface area contributed by atoms with Gasteiger partial charge < -0.3 is 15.3 Å². The Morgan fingerprint density at radius 2 is 1.79 bits per heavy atom. The quantitative estimate of drug-likeness (QED) is 0.711. The van der Waals surface area contributed by atoms with Crippen LogP contribution in [0.3, 0.4) is 0 Å². The Morgan fingerprint density at radius 3 is 2.21 bits per heavy atom. The van der Waals surface area contributed by atoms with Gasteiger partial charge in [0.2, 0.25) is 0 Å². The van der Waals surface area contributed by atoms with Gasteiger partial charge in [-0.25, -0.2) is 0 Å². The fourth-order valence-electron chi connectivity index (χ4n) is 3.09. The van der Waals surface area contributed by atoms with E-state index in [2.05, 4.69) is 37.9 Å². The first-order valence-corrected chi connectivity index (χ1v) is 8.17. The van der Waals surface area contributed by atoms with Crippen LogP contribution in [0.25, 0.3) is 0 Å². The van der Waals surface area contributed by atoms with Crippen LogP contribution in [0.2, 0.25) is 0 Å². The van der Waals surface area contributed by atoms with Crippen LogP contribution in [-0.4, -0.2) is 48.8 Å². The predicted molar refractivity (Wildman–Crippen MR) is 82.4 cm³/mol. The molecule has 1 heterocycles. The Labute approximate surface area is 119 Å². The van der Waals surface area contributed by atoms with E-state index in [0.29, 0.717) is 12.6 Å². The Bertz CT molecular complexity index is 225. The summed E-state index contributed by atoms with van der Waals surface area (Å²) >= 11 is 0. The lowest BCUT2D eigenvalue weighted by Gasteiger charge is -2.37. The van der Waals surface area contributed by atoms with Gasteiger partial charge in [-0.3, -0.25) is 0 Å². The third kappa shape index (κ3) is 4.73. The van der Waals surface area contributed by atoms with E-state index in [1.165, 1.54) is 32.5 Å². The number of likely N-dealkylation sites (tertiary alicyclic amines) is 1. The second-order valence-electron chi connectivity index (χ2n) is 6.31. The van der Waals surface area contributed by atoms with Crippen molar-refractivity contribution in [3.05, 3.63) is 0 Å². The van der Waals surface area contributed by atoms with Crippen molar-refractivity contribution in [1.82, 2.24) is 10.2 Å². The number of nitrogens with zero attached hydrogens (tertiary/aromatic N) is 1. The molecule has 0 amide bonds. The summed E-state index contributed by atoms with van der Waals surface area (Å²) in [7, 11) is 0. The highest BCUT2D eigenvalue weighted by Gasteiger charge is 2.28. The van der Waals surface area contributed by atoms with Crippen molar-refractivity contribution >= 4 is 0 Å². The summed E-state index contributed by atoms with van der Waals surface area (Å²) in [5.74, 6) is 0.799. The molecule has 0 bridgehead atoms. The molecule has 0 saturated carbocycles. The standard InChI is InChI=1S/C16H34N2O/c1-5-16(6-2,13-19)12-17-14(4)15-8-10-18(7-3)11-9-15/h14-15,17,19H,5-13H2,1-4H3. The van der Waals surface area contributed by atoms with Gasteiger partial charge in [0.25, 0.3) is 0 Å². The molecular formula is C16H34N2O. The zero-order valence-electron chi connectivity index (χ0n) is 13.4. The summed E-state index contributed by atoms with van der Waals surface area (Å²) < 4.78 is 0. The molecule has 1 unspecified atom stereocenters. The molecule has 0 aromatic rings. The lowest BCUT2D eigenvalue weighted by molar-refractivity contribution is 0.101. The van der Waals surface area contributed by atoms with Crippen molar-refractivity contribution in [1.29, 1.82) is 0 Å². The van der Waals surface area contributed by atoms with Crippen LogP contribution in [0.4, 0.5) is 0 Å². The molecule has 19 heavy (non-hydrogen) atoms. The maximum atomic E-state index is 9.62. The van der Waals surface area contributed by atoms with Gasteiger partial charge in [0, 0.05) is 24.6 Å². The number of aliphatic hydroxyl groups is 1. The van der Waals surface area contributed by atoms with E-state index in [-0.39, 0.29) is 5.41 Å². The predicted octanol–water partition coefficient (Wildman–Crippen LogP) is 2.50. The lowest BCUT2D eigenvalue weighted by atomic mass is 9.82. The first-order valence-electron chi connectivity index (χ1n) is 8.17. The van der Waals surface area contributed by atoms with Crippen LogP contribution in [0.15, 0.2) is 0 Å². The van der Waals surface area contributed by atoms with E-state index < -0.39 is 0 Å². The number of piperidine rings is 1. The van der Waals surface area contributed by atoms with E-state index in [1.807, 2.05) is 0 Å². The van der Waals surface area contributed by atoms with Gasteiger partial charge in [-0.15, -0.1) is 0 Å². The normalized spacial score (nSPS) is 20.7. The van der Waals surface area contributed by atoms with E-state index >= 15 is 0 Å². The minimum Gasteiger partial charge on any atom is -0.396 e. The zero-order chi connectivity index (χ0) is 14.3. The second-order valence-corrected chi connectivity index (χ2v) is 6.31. The van der Waals surface area contributed by atoms with Gasteiger partial charge in [-0.1, -0.05) is 20.8 Å². The largest absolute Gasteiger partial charge is 0.396 e. The van der Waals surface area contributed by atoms with Crippen LogP contribution in [0.5, 0.6) is 0 Å². The Morgan fingerprint density at radius 1 is 1.21 bits per heavy atom. The number of hydrogen-bond donors (Lipinski definition) is 2. The van der Waals surface area contributed by atoms with E-state index in [4.69, 9.17) is 0 Å². The molecule has 1 fully saturated rings. The van der Waals surface area contributed by atoms with Crippen LogP contribution >= 0.6 is 0 Å². The van der Waals surface area contributed by atoms with Crippen LogP contribution in [0, 0.1) is 11.3 Å². The van der Waals surface area contributed by atoms with Crippen LogP contribution < -0.4 is 5.32 Å². The molecule has 0 spiro atoms. The molecule has 1 rings (SSSR count). The molecule has 0 radical (unpaired) electrons. The molecule has 1 aliphatic heterocycles. The van der Waals surface area contributed by atoms with Gasteiger partial charge in [-0.05, 0) is 58.2 Å². The number of rotatable bonds is 8. The minimum atomic E-state index is 0.0817. The first-order chi connectivity index (χ1) is 9.10.